The van der Waals surface area contributed by atoms with E-state index in [2.05, 4.69) is 0 Å². The summed E-state index contributed by atoms with van der Waals surface area (Å²) >= 11 is 0. The van der Waals surface area contributed by atoms with Crippen LogP contribution >= 0.6 is 0 Å². The van der Waals surface area contributed by atoms with Gasteiger partial charge in [-0.25, -0.2) is 0 Å². The van der Waals surface area contributed by atoms with Crippen LogP contribution < -0.4 is 0 Å². The molecule has 0 spiro atoms. The Morgan fingerprint density at radius 3 is 2.57 bits per heavy atom. The van der Waals surface area contributed by atoms with Crippen LogP contribution in [0.1, 0.15) is 19.3 Å². The van der Waals surface area contributed by atoms with Gasteiger partial charge in [0.05, 0.1) is 12.6 Å². The average molecular weight is 299 g/mol. The first-order valence-electron chi connectivity index (χ1n) is 7.74. The molecule has 6 nitrogen and oxygen atoms in total. The number of ether oxygens (including phenoxy) is 4. The van der Waals surface area contributed by atoms with Crippen molar-refractivity contribution in [1.29, 1.82) is 0 Å². The maximum atomic E-state index is 12.2. The van der Waals surface area contributed by atoms with E-state index >= 15 is 0 Å². The number of carbonyl (C=O) groups excluding carboxylic acids is 1. The van der Waals surface area contributed by atoms with E-state index in [0.717, 1.165) is 25.9 Å². The molecule has 0 aliphatic carbocycles. The van der Waals surface area contributed by atoms with Crippen LogP contribution in [0.25, 0.3) is 0 Å². The van der Waals surface area contributed by atoms with Crippen molar-refractivity contribution in [3.8, 4) is 0 Å². The predicted molar refractivity (Wildman–Crippen MR) is 80.0 cm³/mol. The van der Waals surface area contributed by atoms with Crippen LogP contribution in [-0.4, -0.2) is 83.5 Å². The number of carbonyl (C=O) groups is 1. The Morgan fingerprint density at radius 2 is 1.95 bits per heavy atom. The quantitative estimate of drug-likeness (QED) is 0.613. The second-order valence-electron chi connectivity index (χ2n) is 5.75. The van der Waals surface area contributed by atoms with Gasteiger partial charge in [-0.3, -0.25) is 4.79 Å². The fraction of sp³-hybridized carbons (Fsp3) is 0.929. The maximum Gasteiger partial charge on any atom is 0.248 e. The van der Waals surface area contributed by atoms with E-state index in [1.54, 1.807) is 14.2 Å². The Labute approximate surface area is 127 Å². The number of methoxy groups -OCH3 is 2. The Kier molecular flexibility index (Phi) is 6.48. The zero-order valence-corrected chi connectivity index (χ0v) is 13.2. The largest absolute Gasteiger partial charge is 0.382 e. The fourth-order valence-electron chi connectivity index (χ4n) is 3.13. The third kappa shape index (κ3) is 4.19. The lowest BCUT2D eigenvalue weighted by Gasteiger charge is -2.28. The third-order valence-electron chi connectivity index (χ3n) is 4.25. The van der Waals surface area contributed by atoms with E-state index in [9.17, 15) is 4.79 Å². The molecule has 2 aliphatic rings. The van der Waals surface area contributed by atoms with Gasteiger partial charge in [-0.1, -0.05) is 0 Å². The molecule has 2 aliphatic heterocycles. The van der Waals surface area contributed by atoms with Gasteiger partial charge < -0.3 is 23.8 Å². The van der Waals surface area contributed by atoms with E-state index in [-0.39, 0.29) is 36.8 Å². The molecule has 2 saturated heterocycles. The first-order valence-corrected chi connectivity index (χ1v) is 7.74. The van der Waals surface area contributed by atoms with Crippen molar-refractivity contribution in [1.82, 2.24) is 4.90 Å². The standard InChI is InChI=1S/C14H26BNO5/c1-18-8-10-12(19-2)13(14(15)21-10)20-9-11(17)16-6-4-3-5-7-16/h10,12-14H,3-9,15H2,1-2H3/t10-,12?,13+,14-/m1/s1. The van der Waals surface area contributed by atoms with Gasteiger partial charge in [0, 0.05) is 27.3 Å². The van der Waals surface area contributed by atoms with Gasteiger partial charge in [0.1, 0.15) is 32.8 Å². The van der Waals surface area contributed by atoms with Gasteiger partial charge in [0.2, 0.25) is 5.91 Å². The highest BCUT2D eigenvalue weighted by Gasteiger charge is 2.43. The number of amides is 1. The molecule has 4 atom stereocenters. The summed E-state index contributed by atoms with van der Waals surface area (Å²) in [5, 5.41) is 0. The van der Waals surface area contributed by atoms with Crippen LogP contribution in [0.15, 0.2) is 0 Å². The summed E-state index contributed by atoms with van der Waals surface area (Å²) < 4.78 is 22.2. The van der Waals surface area contributed by atoms with Crippen molar-refractivity contribution in [3.05, 3.63) is 0 Å². The van der Waals surface area contributed by atoms with E-state index in [1.165, 1.54) is 6.42 Å². The Bertz CT molecular complexity index is 337. The highest BCUT2D eigenvalue weighted by molar-refractivity contribution is 6.11. The van der Waals surface area contributed by atoms with Crippen LogP contribution in [0.5, 0.6) is 0 Å². The molecule has 0 N–H and O–H groups in total. The summed E-state index contributed by atoms with van der Waals surface area (Å²) in [5.74, 6) is 0.0620. The van der Waals surface area contributed by atoms with E-state index in [1.807, 2.05) is 12.7 Å². The summed E-state index contributed by atoms with van der Waals surface area (Å²) in [6, 6.07) is -0.107. The molecule has 1 unspecified atom stereocenters. The lowest BCUT2D eigenvalue weighted by Crippen LogP contribution is -2.43. The molecule has 0 radical (unpaired) electrons. The van der Waals surface area contributed by atoms with Crippen LogP contribution in [0.2, 0.25) is 0 Å². The normalized spacial score (nSPS) is 33.3. The monoisotopic (exact) mass is 299 g/mol. The van der Waals surface area contributed by atoms with Gasteiger partial charge in [0.15, 0.2) is 0 Å². The molecule has 0 saturated carbocycles. The number of nitrogens with zero attached hydrogens (tertiary/aromatic N) is 1. The second kappa shape index (κ2) is 8.12. The summed E-state index contributed by atoms with van der Waals surface area (Å²) in [6.45, 7) is 2.25. The number of rotatable bonds is 6. The zero-order chi connectivity index (χ0) is 15.2. The minimum atomic E-state index is -0.233. The van der Waals surface area contributed by atoms with Crippen LogP contribution in [0.4, 0.5) is 0 Å². The summed E-state index contributed by atoms with van der Waals surface area (Å²) in [4.78, 5) is 14.0. The van der Waals surface area contributed by atoms with Crippen molar-refractivity contribution >= 4 is 13.8 Å². The minimum Gasteiger partial charge on any atom is -0.382 e. The topological polar surface area (TPSA) is 57.2 Å². The van der Waals surface area contributed by atoms with E-state index in [0.29, 0.717) is 6.61 Å². The first-order chi connectivity index (χ1) is 10.2. The van der Waals surface area contributed by atoms with Gasteiger partial charge >= 0.3 is 0 Å². The summed E-state index contributed by atoms with van der Waals surface area (Å²) in [7, 11) is 5.21. The van der Waals surface area contributed by atoms with Crippen LogP contribution in [-0.2, 0) is 23.7 Å². The molecule has 0 aromatic carbocycles. The SMILES string of the molecule is B[C@@H]1O[C@H](COC)C(OC)[C@@H]1OCC(=O)N1CCCCC1. The first kappa shape index (κ1) is 16.7. The zero-order valence-electron chi connectivity index (χ0n) is 13.2. The third-order valence-corrected chi connectivity index (χ3v) is 4.25. The molecule has 7 heteroatoms. The lowest BCUT2D eigenvalue weighted by molar-refractivity contribution is -0.141. The van der Waals surface area contributed by atoms with Gasteiger partial charge in [-0.2, -0.15) is 0 Å². The molecular formula is C14H26BNO5. The molecule has 0 aromatic heterocycles. The van der Waals surface area contributed by atoms with Gasteiger partial charge in [0.25, 0.3) is 0 Å². The van der Waals surface area contributed by atoms with E-state index in [4.69, 9.17) is 18.9 Å². The molecule has 21 heavy (non-hydrogen) atoms. The molecule has 2 heterocycles. The smallest absolute Gasteiger partial charge is 0.248 e. The lowest BCUT2D eigenvalue weighted by atomic mass is 9.93. The Morgan fingerprint density at radius 1 is 1.24 bits per heavy atom. The molecule has 2 fully saturated rings. The highest BCUT2D eigenvalue weighted by Crippen LogP contribution is 2.25. The summed E-state index contributed by atoms with van der Waals surface area (Å²) in [5.41, 5.74) is 0. The minimum absolute atomic E-state index is 0.0620. The molecule has 0 aromatic rings. The highest BCUT2D eigenvalue weighted by atomic mass is 16.6. The Balaban J connectivity index is 1.84. The van der Waals surface area contributed by atoms with Crippen LogP contribution in [0, 0.1) is 0 Å². The van der Waals surface area contributed by atoms with Crippen molar-refractivity contribution in [2.75, 3.05) is 40.5 Å². The predicted octanol–water partition coefficient (Wildman–Crippen LogP) is -0.596. The number of hydrogen-bond donors (Lipinski definition) is 0. The molecule has 1 amide bonds. The molecule has 120 valence electrons. The van der Waals surface area contributed by atoms with Crippen molar-refractivity contribution in [2.24, 2.45) is 0 Å². The second-order valence-corrected chi connectivity index (χ2v) is 5.75. The van der Waals surface area contributed by atoms with Gasteiger partial charge in [-0.15, -0.1) is 0 Å². The average Bonchev–Trinajstić information content (AvgIpc) is 2.81. The van der Waals surface area contributed by atoms with E-state index < -0.39 is 0 Å². The molecule has 2 rings (SSSR count). The van der Waals surface area contributed by atoms with Crippen molar-refractivity contribution in [3.63, 3.8) is 0 Å². The summed E-state index contributed by atoms with van der Waals surface area (Å²) in [6.07, 6.45) is 2.81. The number of hydrogen-bond acceptors (Lipinski definition) is 5. The van der Waals surface area contributed by atoms with Crippen LogP contribution in [0.3, 0.4) is 0 Å². The Hall–Kier alpha value is -0.625. The molecule has 0 bridgehead atoms. The fourth-order valence-corrected chi connectivity index (χ4v) is 3.13. The maximum absolute atomic E-state index is 12.2. The van der Waals surface area contributed by atoms with Gasteiger partial charge in [-0.05, 0) is 19.3 Å². The number of likely N-dealkylation sites (tertiary alicyclic amines) is 1. The molecular weight excluding hydrogens is 273 g/mol. The number of piperidine rings is 1. The van der Waals surface area contributed by atoms with Crippen molar-refractivity contribution in [2.45, 2.75) is 43.6 Å². The van der Waals surface area contributed by atoms with Crippen molar-refractivity contribution < 1.29 is 23.7 Å².